The van der Waals surface area contributed by atoms with Crippen molar-refractivity contribution in [3.63, 3.8) is 0 Å². The molecule has 1 N–H and O–H groups in total. The Hall–Kier alpha value is 0.270. The van der Waals surface area contributed by atoms with Gasteiger partial charge in [0.15, 0.2) is 0 Å². The first-order valence-corrected chi connectivity index (χ1v) is 10.9. The molecule has 0 spiro atoms. The van der Waals surface area contributed by atoms with E-state index in [1.165, 1.54) is 56.6 Å². The molecule has 0 aromatic heterocycles. The predicted octanol–water partition coefficient (Wildman–Crippen LogP) is 3.22. The molecular formula is C18H40N4P+. The molecule has 3 aliphatic rings. The first-order chi connectivity index (χ1) is 10.8. The summed E-state index contributed by atoms with van der Waals surface area (Å²) in [7, 11) is -0.292. The SMILES string of the molecule is CC(C)CN1CCN2CCN[P@@]1[N+](CC(C)C)(CC(C)C)CC2. The third-order valence-electron chi connectivity index (χ3n) is 4.84. The molecule has 2 bridgehead atoms. The second-order valence-corrected chi connectivity index (χ2v) is 11.1. The maximum absolute atomic E-state index is 4.03. The van der Waals surface area contributed by atoms with Crippen molar-refractivity contribution >= 4 is 8.37 Å². The van der Waals surface area contributed by atoms with E-state index in [0.29, 0.717) is 0 Å². The number of quaternary nitrogens is 1. The lowest BCUT2D eigenvalue weighted by atomic mass is 10.1. The van der Waals surface area contributed by atoms with Crippen LogP contribution in [0.15, 0.2) is 0 Å². The predicted molar refractivity (Wildman–Crippen MR) is 102 cm³/mol. The Labute approximate surface area is 146 Å². The summed E-state index contributed by atoms with van der Waals surface area (Å²) < 4.78 is 4.13. The van der Waals surface area contributed by atoms with Crippen LogP contribution in [0.1, 0.15) is 41.5 Å². The smallest absolute Gasteiger partial charge is 0.268 e. The van der Waals surface area contributed by atoms with Gasteiger partial charge in [-0.05, 0) is 5.92 Å². The van der Waals surface area contributed by atoms with Gasteiger partial charge in [-0.15, -0.1) is 0 Å². The normalized spacial score (nSPS) is 29.1. The van der Waals surface area contributed by atoms with Crippen LogP contribution in [0.5, 0.6) is 0 Å². The van der Waals surface area contributed by atoms with Crippen LogP contribution in [0, 0.1) is 17.8 Å². The van der Waals surface area contributed by atoms with E-state index in [1.54, 1.807) is 0 Å². The first kappa shape index (κ1) is 19.6. The summed E-state index contributed by atoms with van der Waals surface area (Å²) in [6.07, 6.45) is 0. The van der Waals surface area contributed by atoms with Crippen LogP contribution in [0.4, 0.5) is 0 Å². The topological polar surface area (TPSA) is 18.5 Å². The van der Waals surface area contributed by atoms with Gasteiger partial charge in [0.05, 0.1) is 19.6 Å². The van der Waals surface area contributed by atoms with Crippen molar-refractivity contribution in [1.29, 1.82) is 0 Å². The second-order valence-electron chi connectivity index (χ2n) is 8.82. The van der Waals surface area contributed by atoms with Gasteiger partial charge in [0, 0.05) is 51.1 Å². The summed E-state index contributed by atoms with van der Waals surface area (Å²) in [5.74, 6) is 2.26. The van der Waals surface area contributed by atoms with Gasteiger partial charge in [-0.2, -0.15) is 0 Å². The zero-order valence-corrected chi connectivity index (χ0v) is 17.3. The van der Waals surface area contributed by atoms with Gasteiger partial charge < -0.3 is 0 Å². The molecule has 0 amide bonds. The van der Waals surface area contributed by atoms with Gasteiger partial charge in [0.2, 0.25) is 0 Å². The molecular weight excluding hydrogens is 303 g/mol. The van der Waals surface area contributed by atoms with Crippen molar-refractivity contribution < 1.29 is 4.25 Å². The largest absolute Gasteiger partial charge is 0.295 e. The molecule has 2 atom stereocenters. The van der Waals surface area contributed by atoms with Gasteiger partial charge in [0.1, 0.15) is 0 Å². The number of nitrogens with one attached hydrogen (secondary N) is 1. The summed E-state index contributed by atoms with van der Waals surface area (Å²) in [5, 5.41) is 4.03. The van der Waals surface area contributed by atoms with Gasteiger partial charge >= 0.3 is 0 Å². The van der Waals surface area contributed by atoms with Gasteiger partial charge in [-0.25, -0.2) is 9.76 Å². The third kappa shape index (κ3) is 5.37. The maximum atomic E-state index is 4.03. The molecule has 3 rings (SSSR count). The third-order valence-corrected chi connectivity index (χ3v) is 7.58. The molecule has 0 saturated carbocycles. The van der Waals surface area contributed by atoms with Crippen LogP contribution in [0.3, 0.4) is 0 Å². The fourth-order valence-electron chi connectivity index (χ4n) is 4.30. The highest BCUT2D eigenvalue weighted by Crippen LogP contribution is 2.50. The number of rotatable bonds is 6. The summed E-state index contributed by atoms with van der Waals surface area (Å²) in [6, 6.07) is 0. The molecule has 23 heavy (non-hydrogen) atoms. The molecule has 4 nitrogen and oxygen atoms in total. The van der Waals surface area contributed by atoms with E-state index in [-0.39, 0.29) is 8.37 Å². The van der Waals surface area contributed by atoms with Crippen molar-refractivity contribution in [1.82, 2.24) is 14.7 Å². The lowest BCUT2D eigenvalue weighted by Gasteiger charge is -2.53. The van der Waals surface area contributed by atoms with Crippen LogP contribution in [-0.4, -0.2) is 72.7 Å². The standard InChI is InChI=1S/C18H40N4P/c1-16(2)13-21-10-9-20-8-7-19-23(21)22(12-11-20,14-17(3)4)15-18(5)6/h16-19H,7-15H2,1-6H3/q+1/t23-/m1/s1. The molecule has 1 unspecified atom stereocenters. The Morgan fingerprint density at radius 3 is 2.09 bits per heavy atom. The minimum absolute atomic E-state index is 0.292. The molecule has 0 aromatic carbocycles. The van der Waals surface area contributed by atoms with Gasteiger partial charge in [0.25, 0.3) is 8.37 Å². The van der Waals surface area contributed by atoms with E-state index in [9.17, 15) is 0 Å². The highest BCUT2D eigenvalue weighted by atomic mass is 31.2. The lowest BCUT2D eigenvalue weighted by Crippen LogP contribution is -2.61. The molecule has 136 valence electrons. The molecule has 3 saturated heterocycles. The average Bonchev–Trinajstić information content (AvgIpc) is 2.36. The Balaban J connectivity index is 2.34. The van der Waals surface area contributed by atoms with Gasteiger partial charge in [-0.1, -0.05) is 41.5 Å². The molecule has 3 heterocycles. The van der Waals surface area contributed by atoms with E-state index in [0.717, 1.165) is 24.3 Å². The number of hydrogen-bond donors (Lipinski definition) is 1. The average molecular weight is 344 g/mol. The van der Waals surface area contributed by atoms with Crippen molar-refractivity contribution in [2.45, 2.75) is 41.5 Å². The zero-order chi connectivity index (χ0) is 17.0. The number of nitrogens with zero attached hydrogens (tertiary/aromatic N) is 3. The highest BCUT2D eigenvalue weighted by molar-refractivity contribution is 7.46. The van der Waals surface area contributed by atoms with Crippen LogP contribution < -0.4 is 5.09 Å². The quantitative estimate of drug-likeness (QED) is 0.747. The number of fused-ring (bicyclic) bond motifs is 6. The van der Waals surface area contributed by atoms with E-state index in [2.05, 4.69) is 56.2 Å². The van der Waals surface area contributed by atoms with E-state index in [4.69, 9.17) is 0 Å². The van der Waals surface area contributed by atoms with Crippen LogP contribution in [0.25, 0.3) is 0 Å². The van der Waals surface area contributed by atoms with Crippen LogP contribution >= 0.6 is 8.37 Å². The van der Waals surface area contributed by atoms with Crippen LogP contribution in [-0.2, 0) is 0 Å². The molecule has 5 heteroatoms. The van der Waals surface area contributed by atoms with Gasteiger partial charge in [-0.3, -0.25) is 9.15 Å². The fraction of sp³-hybridized carbons (Fsp3) is 1.00. The number of hydrogen-bond acceptors (Lipinski definition) is 3. The fourth-order valence-corrected chi connectivity index (χ4v) is 7.64. The molecule has 0 aromatic rings. The van der Waals surface area contributed by atoms with Crippen molar-refractivity contribution in [3.05, 3.63) is 0 Å². The minimum atomic E-state index is -0.292. The molecule has 0 radical (unpaired) electrons. The lowest BCUT2D eigenvalue weighted by molar-refractivity contribution is -0.819. The van der Waals surface area contributed by atoms with Crippen molar-refractivity contribution in [2.24, 2.45) is 17.8 Å². The summed E-state index contributed by atoms with van der Waals surface area (Å²) in [6.45, 7) is 25.8. The minimum Gasteiger partial charge on any atom is -0.295 e. The summed E-state index contributed by atoms with van der Waals surface area (Å²) >= 11 is 0. The zero-order valence-electron chi connectivity index (χ0n) is 16.4. The monoisotopic (exact) mass is 343 g/mol. The first-order valence-electron chi connectivity index (χ1n) is 9.70. The maximum Gasteiger partial charge on any atom is 0.268 e. The van der Waals surface area contributed by atoms with Crippen molar-refractivity contribution in [3.8, 4) is 0 Å². The molecule has 3 aliphatic heterocycles. The highest BCUT2D eigenvalue weighted by Gasteiger charge is 2.46. The molecule has 0 aliphatic carbocycles. The van der Waals surface area contributed by atoms with Crippen molar-refractivity contribution in [2.75, 3.05) is 58.9 Å². The Bertz CT molecular complexity index is 349. The van der Waals surface area contributed by atoms with E-state index >= 15 is 0 Å². The van der Waals surface area contributed by atoms with Crippen LogP contribution in [0.2, 0.25) is 0 Å². The summed E-state index contributed by atoms with van der Waals surface area (Å²) in [4.78, 5) is 2.69. The molecule has 3 fully saturated rings. The van der Waals surface area contributed by atoms with E-state index in [1.807, 2.05) is 0 Å². The Morgan fingerprint density at radius 1 is 0.870 bits per heavy atom. The van der Waals surface area contributed by atoms with E-state index < -0.39 is 0 Å². The second kappa shape index (κ2) is 8.58. The Kier molecular flexibility index (Phi) is 7.31. The Morgan fingerprint density at radius 2 is 1.52 bits per heavy atom. The summed E-state index contributed by atoms with van der Waals surface area (Å²) in [5.41, 5.74) is 0.